The Hall–Kier alpha value is -2.32. The zero-order chi connectivity index (χ0) is 16.5. The van der Waals surface area contributed by atoms with Crippen molar-refractivity contribution < 1.29 is 27.9 Å². The number of hydrogen-bond donors (Lipinski definition) is 1. The molecule has 1 amide bonds. The fraction of sp³-hybridized carbons (Fsp3) is 0.462. The lowest BCUT2D eigenvalue weighted by atomic mass is 9.96. The van der Waals surface area contributed by atoms with Gasteiger partial charge in [0.05, 0.1) is 11.8 Å². The summed E-state index contributed by atoms with van der Waals surface area (Å²) in [5, 5.41) is 8.89. The number of amides is 1. The summed E-state index contributed by atoms with van der Waals surface area (Å²) in [4.78, 5) is 35.3. The number of aromatic nitrogens is 1. The first-order valence-electron chi connectivity index (χ1n) is 6.43. The van der Waals surface area contributed by atoms with E-state index in [0.29, 0.717) is 0 Å². The zero-order valence-corrected chi connectivity index (χ0v) is 11.3. The fourth-order valence-electron chi connectivity index (χ4n) is 2.43. The number of hydrogen-bond acceptors (Lipinski definition) is 3. The van der Waals surface area contributed by atoms with Gasteiger partial charge < -0.3 is 14.6 Å². The van der Waals surface area contributed by atoms with Gasteiger partial charge in [-0.1, -0.05) is 6.07 Å². The van der Waals surface area contributed by atoms with Crippen molar-refractivity contribution in [3.05, 3.63) is 34.7 Å². The summed E-state index contributed by atoms with van der Waals surface area (Å²) in [6.45, 7) is -1.64. The molecule has 6 nitrogen and oxygen atoms in total. The Labute approximate surface area is 122 Å². The molecular formula is C13H13F3N2O4. The zero-order valence-electron chi connectivity index (χ0n) is 11.3. The van der Waals surface area contributed by atoms with E-state index in [-0.39, 0.29) is 0 Å². The molecule has 0 aromatic carbocycles. The number of carbonyl (C=O) groups excluding carboxylic acids is 1. The van der Waals surface area contributed by atoms with Gasteiger partial charge in [0.15, 0.2) is 0 Å². The maximum atomic E-state index is 12.8. The molecule has 1 aromatic heterocycles. The van der Waals surface area contributed by atoms with Crippen LogP contribution in [0.5, 0.6) is 0 Å². The maximum absolute atomic E-state index is 12.8. The van der Waals surface area contributed by atoms with Crippen LogP contribution in [0.1, 0.15) is 0 Å². The van der Waals surface area contributed by atoms with Crippen molar-refractivity contribution in [3.8, 4) is 0 Å². The quantitative estimate of drug-likeness (QED) is 0.884. The topological polar surface area (TPSA) is 79.6 Å². The molecule has 9 heteroatoms. The largest absolute Gasteiger partial charge is 0.481 e. The molecule has 2 heterocycles. The van der Waals surface area contributed by atoms with Gasteiger partial charge in [-0.25, -0.2) is 0 Å². The van der Waals surface area contributed by atoms with E-state index >= 15 is 0 Å². The number of nitrogens with zero attached hydrogens (tertiary/aromatic N) is 2. The van der Waals surface area contributed by atoms with Gasteiger partial charge in [0.25, 0.3) is 5.56 Å². The van der Waals surface area contributed by atoms with Gasteiger partial charge in [-0.3, -0.25) is 14.4 Å². The number of likely N-dealkylation sites (tertiary alicyclic amines) is 1. The first kappa shape index (κ1) is 16.1. The van der Waals surface area contributed by atoms with Gasteiger partial charge in [-0.05, 0) is 6.07 Å². The van der Waals surface area contributed by atoms with E-state index < -0.39 is 55.1 Å². The molecule has 1 fully saturated rings. The van der Waals surface area contributed by atoms with Crippen LogP contribution in [0.2, 0.25) is 0 Å². The molecule has 0 radical (unpaired) electrons. The molecular weight excluding hydrogens is 305 g/mol. The highest BCUT2D eigenvalue weighted by atomic mass is 19.4. The summed E-state index contributed by atoms with van der Waals surface area (Å²) in [5.74, 6) is -6.08. The maximum Gasteiger partial charge on any atom is 0.394 e. The summed E-state index contributed by atoms with van der Waals surface area (Å²) in [7, 11) is 0. The van der Waals surface area contributed by atoms with Crippen LogP contribution in [0.3, 0.4) is 0 Å². The Morgan fingerprint density at radius 3 is 2.45 bits per heavy atom. The average Bonchev–Trinajstić information content (AvgIpc) is 2.86. The smallest absolute Gasteiger partial charge is 0.394 e. The Morgan fingerprint density at radius 1 is 1.27 bits per heavy atom. The molecule has 0 aliphatic carbocycles. The SMILES string of the molecule is O=C(O)[C@@H]1CN(C(=O)Cn2ccccc2=O)C[C@H]1C(F)(F)F. The van der Waals surface area contributed by atoms with Crippen LogP contribution < -0.4 is 5.56 Å². The monoisotopic (exact) mass is 318 g/mol. The van der Waals surface area contributed by atoms with E-state index in [9.17, 15) is 27.6 Å². The molecule has 0 bridgehead atoms. The molecule has 22 heavy (non-hydrogen) atoms. The lowest BCUT2D eigenvalue weighted by molar-refractivity contribution is -0.188. The van der Waals surface area contributed by atoms with Crippen LogP contribution in [-0.2, 0) is 16.1 Å². The Bertz CT molecular complexity index is 641. The minimum atomic E-state index is -4.69. The summed E-state index contributed by atoms with van der Waals surface area (Å²) < 4.78 is 39.6. The molecule has 0 spiro atoms. The van der Waals surface area contributed by atoms with Crippen molar-refractivity contribution in [2.45, 2.75) is 12.7 Å². The minimum Gasteiger partial charge on any atom is -0.481 e. The van der Waals surface area contributed by atoms with Crippen LogP contribution in [0, 0.1) is 11.8 Å². The number of carboxylic acids is 1. The molecule has 1 N–H and O–H groups in total. The fourth-order valence-corrected chi connectivity index (χ4v) is 2.43. The van der Waals surface area contributed by atoms with Crippen molar-refractivity contribution in [1.29, 1.82) is 0 Å². The first-order chi connectivity index (χ1) is 10.2. The van der Waals surface area contributed by atoms with Crippen molar-refractivity contribution in [2.75, 3.05) is 13.1 Å². The molecule has 2 rings (SSSR count). The lowest BCUT2D eigenvalue weighted by Gasteiger charge is -2.18. The highest BCUT2D eigenvalue weighted by molar-refractivity contribution is 5.79. The lowest BCUT2D eigenvalue weighted by Crippen LogP contribution is -2.36. The Kier molecular flexibility index (Phi) is 4.25. The second kappa shape index (κ2) is 5.82. The van der Waals surface area contributed by atoms with Crippen LogP contribution in [0.15, 0.2) is 29.2 Å². The molecule has 0 unspecified atom stereocenters. The van der Waals surface area contributed by atoms with E-state index in [1.807, 2.05) is 0 Å². The van der Waals surface area contributed by atoms with E-state index in [4.69, 9.17) is 5.11 Å². The molecule has 2 atom stereocenters. The second-order valence-electron chi connectivity index (χ2n) is 5.06. The predicted octanol–water partition coefficient (Wildman–Crippen LogP) is 0.570. The molecule has 120 valence electrons. The van der Waals surface area contributed by atoms with E-state index in [1.54, 1.807) is 0 Å². The van der Waals surface area contributed by atoms with Crippen LogP contribution >= 0.6 is 0 Å². The number of carboxylic acid groups (broad SMARTS) is 1. The third-order valence-electron chi connectivity index (χ3n) is 3.61. The summed E-state index contributed by atoms with van der Waals surface area (Å²) >= 11 is 0. The van der Waals surface area contributed by atoms with Gasteiger partial charge in [-0.15, -0.1) is 0 Å². The molecule has 1 aromatic rings. The van der Waals surface area contributed by atoms with Crippen LogP contribution in [-0.4, -0.2) is 45.7 Å². The third kappa shape index (κ3) is 3.29. The number of aliphatic carboxylic acids is 1. The van der Waals surface area contributed by atoms with Crippen molar-refractivity contribution in [2.24, 2.45) is 11.8 Å². The highest BCUT2D eigenvalue weighted by Gasteiger charge is 2.53. The van der Waals surface area contributed by atoms with E-state index in [1.165, 1.54) is 24.4 Å². The van der Waals surface area contributed by atoms with Gasteiger partial charge >= 0.3 is 12.1 Å². The average molecular weight is 318 g/mol. The molecule has 1 aliphatic rings. The molecule has 1 aliphatic heterocycles. The van der Waals surface area contributed by atoms with Crippen LogP contribution in [0.4, 0.5) is 13.2 Å². The summed E-state index contributed by atoms with van der Waals surface area (Å²) in [6.07, 6.45) is -3.35. The van der Waals surface area contributed by atoms with Gasteiger partial charge in [0.2, 0.25) is 5.91 Å². The van der Waals surface area contributed by atoms with Crippen molar-refractivity contribution in [1.82, 2.24) is 9.47 Å². The number of carbonyl (C=O) groups is 2. The third-order valence-corrected chi connectivity index (χ3v) is 3.61. The minimum absolute atomic E-state index is 0.420. The van der Waals surface area contributed by atoms with Gasteiger partial charge in [0, 0.05) is 25.4 Å². The van der Waals surface area contributed by atoms with Crippen molar-refractivity contribution >= 4 is 11.9 Å². The summed E-state index contributed by atoms with van der Waals surface area (Å²) in [6, 6.07) is 4.20. The second-order valence-corrected chi connectivity index (χ2v) is 5.06. The number of alkyl halides is 3. The Balaban J connectivity index is 2.13. The normalized spacial score (nSPS) is 21.9. The van der Waals surface area contributed by atoms with E-state index in [0.717, 1.165) is 9.47 Å². The summed E-state index contributed by atoms with van der Waals surface area (Å²) in [5.41, 5.74) is -0.461. The van der Waals surface area contributed by atoms with Gasteiger partial charge in [-0.2, -0.15) is 13.2 Å². The number of halogens is 3. The number of pyridine rings is 1. The van der Waals surface area contributed by atoms with Crippen LogP contribution in [0.25, 0.3) is 0 Å². The molecule has 1 saturated heterocycles. The highest BCUT2D eigenvalue weighted by Crippen LogP contribution is 2.37. The van der Waals surface area contributed by atoms with E-state index in [2.05, 4.69) is 0 Å². The standard InChI is InChI=1S/C13H13F3N2O4/c14-13(15,16)9-6-18(5-8(9)12(21)22)11(20)7-17-4-2-1-3-10(17)19/h1-4,8-9H,5-7H2,(H,21,22)/t8-,9-/m1/s1. The molecule has 0 saturated carbocycles. The Morgan fingerprint density at radius 2 is 1.95 bits per heavy atom. The first-order valence-corrected chi connectivity index (χ1v) is 6.43. The predicted molar refractivity (Wildman–Crippen MR) is 68.0 cm³/mol. The number of rotatable bonds is 3. The van der Waals surface area contributed by atoms with Crippen molar-refractivity contribution in [3.63, 3.8) is 0 Å². The van der Waals surface area contributed by atoms with Gasteiger partial charge in [0.1, 0.15) is 6.54 Å².